The zero-order valence-electron chi connectivity index (χ0n) is 9.14. The molecule has 0 amide bonds. The highest BCUT2D eigenvalue weighted by atomic mass is 19.3. The zero-order chi connectivity index (χ0) is 12.8. The second-order valence-corrected chi connectivity index (χ2v) is 3.23. The SMILES string of the molecule is CCCNc1nc(OCC(F)F)c(F)cc1F. The molecule has 0 bridgehead atoms. The predicted molar refractivity (Wildman–Crippen MR) is 54.4 cm³/mol. The maximum atomic E-state index is 13.2. The monoisotopic (exact) mass is 252 g/mol. The van der Waals surface area contributed by atoms with Crippen molar-refractivity contribution in [1.82, 2.24) is 4.98 Å². The third kappa shape index (κ3) is 4.08. The number of ether oxygens (including phenoxy) is 1. The number of nitrogens with zero attached hydrogens (tertiary/aromatic N) is 1. The minimum atomic E-state index is -2.74. The lowest BCUT2D eigenvalue weighted by atomic mass is 10.4. The Labute approximate surface area is 95.8 Å². The standard InChI is InChI=1S/C10H12F4N2O/c1-2-3-15-9-6(11)4-7(12)10(16-9)17-5-8(13)14/h4,8H,2-3,5H2,1H3,(H,15,16). The molecule has 1 heterocycles. The van der Waals surface area contributed by atoms with Gasteiger partial charge in [0.05, 0.1) is 0 Å². The highest BCUT2D eigenvalue weighted by Crippen LogP contribution is 2.21. The van der Waals surface area contributed by atoms with E-state index in [4.69, 9.17) is 0 Å². The van der Waals surface area contributed by atoms with Crippen LogP contribution >= 0.6 is 0 Å². The van der Waals surface area contributed by atoms with Crippen LogP contribution in [0.3, 0.4) is 0 Å². The highest BCUT2D eigenvalue weighted by molar-refractivity contribution is 5.39. The normalized spacial score (nSPS) is 10.7. The van der Waals surface area contributed by atoms with Gasteiger partial charge in [-0.05, 0) is 6.42 Å². The van der Waals surface area contributed by atoms with Crippen LogP contribution in [0, 0.1) is 11.6 Å². The van der Waals surface area contributed by atoms with Gasteiger partial charge in [0.25, 0.3) is 12.3 Å². The lowest BCUT2D eigenvalue weighted by Crippen LogP contribution is -2.11. The molecule has 96 valence electrons. The molecule has 0 spiro atoms. The number of aromatic nitrogens is 1. The van der Waals surface area contributed by atoms with Gasteiger partial charge in [0.1, 0.15) is 0 Å². The summed E-state index contributed by atoms with van der Waals surface area (Å²) in [4.78, 5) is 3.46. The zero-order valence-corrected chi connectivity index (χ0v) is 9.14. The molecular formula is C10H12F4N2O. The van der Waals surface area contributed by atoms with Crippen LogP contribution in [0.25, 0.3) is 0 Å². The molecule has 0 saturated heterocycles. The van der Waals surface area contributed by atoms with Crippen molar-refractivity contribution < 1.29 is 22.3 Å². The average Bonchev–Trinajstić information content (AvgIpc) is 2.26. The maximum absolute atomic E-state index is 13.2. The lowest BCUT2D eigenvalue weighted by molar-refractivity contribution is 0.0773. The minimum absolute atomic E-state index is 0.211. The quantitative estimate of drug-likeness (QED) is 0.790. The molecule has 0 radical (unpaired) electrons. The van der Waals surface area contributed by atoms with Crippen molar-refractivity contribution in [3.8, 4) is 5.88 Å². The van der Waals surface area contributed by atoms with Gasteiger partial charge in [-0.25, -0.2) is 17.6 Å². The van der Waals surface area contributed by atoms with Crippen molar-refractivity contribution in [2.75, 3.05) is 18.5 Å². The fourth-order valence-electron chi connectivity index (χ4n) is 1.06. The van der Waals surface area contributed by atoms with Crippen LogP contribution in [0.2, 0.25) is 0 Å². The van der Waals surface area contributed by atoms with Crippen LogP contribution in [-0.2, 0) is 0 Å². The van der Waals surface area contributed by atoms with E-state index in [-0.39, 0.29) is 5.82 Å². The van der Waals surface area contributed by atoms with E-state index in [0.717, 1.165) is 0 Å². The van der Waals surface area contributed by atoms with Gasteiger partial charge >= 0.3 is 0 Å². The van der Waals surface area contributed by atoms with Crippen LogP contribution in [0.1, 0.15) is 13.3 Å². The summed E-state index contributed by atoms with van der Waals surface area (Å²) in [5, 5.41) is 2.60. The van der Waals surface area contributed by atoms with Gasteiger partial charge in [0, 0.05) is 12.6 Å². The fraction of sp³-hybridized carbons (Fsp3) is 0.500. The molecule has 1 N–H and O–H groups in total. The summed E-state index contributed by atoms with van der Waals surface area (Å²) in [6.07, 6.45) is -2.03. The van der Waals surface area contributed by atoms with Gasteiger partial charge in [-0.15, -0.1) is 0 Å². The minimum Gasteiger partial charge on any atom is -0.469 e. The van der Waals surface area contributed by atoms with Crippen molar-refractivity contribution in [3.63, 3.8) is 0 Å². The molecule has 7 heteroatoms. The first kappa shape index (κ1) is 13.5. The number of alkyl halides is 2. The molecule has 0 aromatic carbocycles. The molecular weight excluding hydrogens is 240 g/mol. The van der Waals surface area contributed by atoms with Crippen LogP contribution in [0.5, 0.6) is 5.88 Å². The number of pyridine rings is 1. The maximum Gasteiger partial charge on any atom is 0.272 e. The molecule has 17 heavy (non-hydrogen) atoms. The Bertz CT molecular complexity index is 374. The van der Waals surface area contributed by atoms with Gasteiger partial charge in [-0.1, -0.05) is 6.92 Å². The van der Waals surface area contributed by atoms with E-state index in [1.165, 1.54) is 0 Å². The summed E-state index contributed by atoms with van der Waals surface area (Å²) in [6, 6.07) is 0.547. The summed E-state index contributed by atoms with van der Waals surface area (Å²) in [5.74, 6) is -2.84. The molecule has 0 fully saturated rings. The molecule has 0 aliphatic heterocycles. The van der Waals surface area contributed by atoms with Gasteiger partial charge in [-0.3, -0.25) is 0 Å². The number of anilines is 1. The van der Waals surface area contributed by atoms with Crippen molar-refractivity contribution in [3.05, 3.63) is 17.7 Å². The summed E-state index contributed by atoms with van der Waals surface area (Å²) in [6.45, 7) is 1.30. The smallest absolute Gasteiger partial charge is 0.272 e. The van der Waals surface area contributed by atoms with Crippen molar-refractivity contribution in [1.29, 1.82) is 0 Å². The number of hydrogen-bond donors (Lipinski definition) is 1. The predicted octanol–water partition coefficient (Wildman–Crippen LogP) is 2.83. The van der Waals surface area contributed by atoms with Gasteiger partial charge in [0.15, 0.2) is 24.1 Å². The number of halogens is 4. The molecule has 1 aromatic heterocycles. The molecule has 1 aromatic rings. The van der Waals surface area contributed by atoms with Crippen LogP contribution in [0.4, 0.5) is 23.4 Å². The first-order chi connectivity index (χ1) is 8.04. The topological polar surface area (TPSA) is 34.2 Å². The number of hydrogen-bond acceptors (Lipinski definition) is 3. The van der Waals surface area contributed by atoms with Crippen LogP contribution in [0.15, 0.2) is 6.07 Å². The first-order valence-electron chi connectivity index (χ1n) is 5.05. The summed E-state index contributed by atoms with van der Waals surface area (Å²) in [5.41, 5.74) is 0. The van der Waals surface area contributed by atoms with Crippen molar-refractivity contribution >= 4 is 5.82 Å². The highest BCUT2D eigenvalue weighted by Gasteiger charge is 2.14. The molecule has 1 rings (SSSR count). The second-order valence-electron chi connectivity index (χ2n) is 3.23. The Morgan fingerprint density at radius 2 is 2.06 bits per heavy atom. The van der Waals surface area contributed by atoms with E-state index in [0.29, 0.717) is 19.0 Å². The van der Waals surface area contributed by atoms with Gasteiger partial charge in [0.2, 0.25) is 0 Å². The Morgan fingerprint density at radius 3 is 2.65 bits per heavy atom. The average molecular weight is 252 g/mol. The van der Waals surface area contributed by atoms with E-state index in [9.17, 15) is 17.6 Å². The summed E-state index contributed by atoms with van der Waals surface area (Å²) in [7, 11) is 0. The Balaban J connectivity index is 2.81. The molecule has 0 aliphatic carbocycles. The number of nitrogens with one attached hydrogen (secondary N) is 1. The summed E-state index contributed by atoms with van der Waals surface area (Å²) >= 11 is 0. The van der Waals surface area contributed by atoms with E-state index in [1.807, 2.05) is 6.92 Å². The Hall–Kier alpha value is -1.53. The fourth-order valence-corrected chi connectivity index (χ4v) is 1.06. The lowest BCUT2D eigenvalue weighted by Gasteiger charge is -2.09. The van der Waals surface area contributed by atoms with E-state index in [1.54, 1.807) is 0 Å². The molecule has 3 nitrogen and oxygen atoms in total. The van der Waals surface area contributed by atoms with E-state index >= 15 is 0 Å². The molecule has 0 unspecified atom stereocenters. The molecule has 0 atom stereocenters. The second kappa shape index (κ2) is 6.27. The summed E-state index contributed by atoms with van der Waals surface area (Å²) < 4.78 is 54.5. The first-order valence-corrected chi connectivity index (χ1v) is 5.05. The third-order valence-electron chi connectivity index (χ3n) is 1.79. The largest absolute Gasteiger partial charge is 0.469 e. The van der Waals surface area contributed by atoms with Crippen molar-refractivity contribution in [2.45, 2.75) is 19.8 Å². The molecule has 0 aliphatic rings. The number of rotatable bonds is 6. The Kier molecular flexibility index (Phi) is 4.99. The van der Waals surface area contributed by atoms with Gasteiger partial charge < -0.3 is 10.1 Å². The Morgan fingerprint density at radius 1 is 1.35 bits per heavy atom. The van der Waals surface area contributed by atoms with Crippen molar-refractivity contribution in [2.24, 2.45) is 0 Å². The van der Waals surface area contributed by atoms with E-state index in [2.05, 4.69) is 15.0 Å². The van der Waals surface area contributed by atoms with Crippen LogP contribution < -0.4 is 10.1 Å². The third-order valence-corrected chi connectivity index (χ3v) is 1.79. The van der Waals surface area contributed by atoms with Gasteiger partial charge in [-0.2, -0.15) is 4.98 Å². The van der Waals surface area contributed by atoms with Crippen LogP contribution in [-0.4, -0.2) is 24.6 Å². The van der Waals surface area contributed by atoms with E-state index < -0.39 is 30.5 Å². The molecule has 0 saturated carbocycles.